The molecule has 27 heavy (non-hydrogen) atoms. The normalized spacial score (nSPS) is 16.8. The molecule has 2 aromatic rings. The molecule has 1 amide bonds. The molecule has 1 N–H and O–H groups in total. The Bertz CT molecular complexity index is 857. The average Bonchev–Trinajstić information content (AvgIpc) is 3.20. The first-order chi connectivity index (χ1) is 13.1. The second kappa shape index (κ2) is 7.39. The third-order valence-electron chi connectivity index (χ3n) is 5.33. The van der Waals surface area contributed by atoms with Crippen molar-refractivity contribution in [3.05, 3.63) is 58.8 Å². The Morgan fingerprint density at radius 1 is 1.07 bits per heavy atom. The Hall–Kier alpha value is -2.89. The van der Waals surface area contributed by atoms with Crippen LogP contribution in [-0.2, 0) is 13.0 Å². The van der Waals surface area contributed by atoms with Crippen LogP contribution in [0.5, 0.6) is 5.88 Å². The van der Waals surface area contributed by atoms with Crippen LogP contribution < -0.4 is 4.74 Å². The van der Waals surface area contributed by atoms with Crippen LogP contribution in [0.25, 0.3) is 0 Å². The predicted molar refractivity (Wildman–Crippen MR) is 99.0 cm³/mol. The van der Waals surface area contributed by atoms with Gasteiger partial charge in [0.25, 0.3) is 5.91 Å². The first-order valence-corrected chi connectivity index (χ1v) is 9.37. The monoisotopic (exact) mass is 366 g/mol. The molecule has 0 unspecified atom stereocenters. The van der Waals surface area contributed by atoms with Crippen LogP contribution in [0.4, 0.5) is 0 Å². The summed E-state index contributed by atoms with van der Waals surface area (Å²) < 4.78 is 5.85. The van der Waals surface area contributed by atoms with E-state index in [4.69, 9.17) is 9.84 Å². The van der Waals surface area contributed by atoms with E-state index in [2.05, 4.69) is 4.98 Å². The van der Waals surface area contributed by atoms with Crippen LogP contribution in [0.3, 0.4) is 0 Å². The summed E-state index contributed by atoms with van der Waals surface area (Å²) in [6.45, 7) is 1.02. The molecule has 6 nitrogen and oxygen atoms in total. The minimum absolute atomic E-state index is 0.0960. The third-order valence-corrected chi connectivity index (χ3v) is 5.33. The van der Waals surface area contributed by atoms with Crippen molar-refractivity contribution in [2.45, 2.75) is 44.8 Å². The number of rotatable bonds is 4. The quantitative estimate of drug-likeness (QED) is 0.898. The molecule has 0 atom stereocenters. The van der Waals surface area contributed by atoms with Gasteiger partial charge in [-0.25, -0.2) is 9.78 Å². The largest absolute Gasteiger partial charge is 0.478 e. The summed E-state index contributed by atoms with van der Waals surface area (Å²) in [7, 11) is 0. The summed E-state index contributed by atoms with van der Waals surface area (Å²) in [5, 5.41) is 9.17. The van der Waals surface area contributed by atoms with Gasteiger partial charge < -0.3 is 14.7 Å². The number of pyridine rings is 1. The number of carboxylic acids is 1. The van der Waals surface area contributed by atoms with Crippen molar-refractivity contribution in [2.24, 2.45) is 0 Å². The Labute approximate surface area is 157 Å². The summed E-state index contributed by atoms with van der Waals surface area (Å²) >= 11 is 0. The number of hydrogen-bond acceptors (Lipinski definition) is 4. The highest BCUT2D eigenvalue weighted by atomic mass is 16.5. The Kier molecular flexibility index (Phi) is 4.79. The van der Waals surface area contributed by atoms with Gasteiger partial charge in [0.1, 0.15) is 6.10 Å². The molecule has 0 spiro atoms. The molecule has 1 aromatic carbocycles. The molecule has 0 bridgehead atoms. The third kappa shape index (κ3) is 3.79. The van der Waals surface area contributed by atoms with Crippen LogP contribution in [0.2, 0.25) is 0 Å². The molecule has 140 valence electrons. The van der Waals surface area contributed by atoms with E-state index >= 15 is 0 Å². The van der Waals surface area contributed by atoms with Crippen molar-refractivity contribution >= 4 is 11.9 Å². The molecule has 1 aromatic heterocycles. The number of ether oxygens (including phenoxy) is 1. The lowest BCUT2D eigenvalue weighted by Crippen LogP contribution is -2.36. The van der Waals surface area contributed by atoms with E-state index in [9.17, 15) is 9.59 Å². The highest BCUT2D eigenvalue weighted by Gasteiger charge is 2.23. The second-order valence-electron chi connectivity index (χ2n) is 7.17. The summed E-state index contributed by atoms with van der Waals surface area (Å²) in [6, 6.07) is 8.63. The van der Waals surface area contributed by atoms with Gasteiger partial charge >= 0.3 is 5.97 Å². The zero-order valence-electron chi connectivity index (χ0n) is 15.1. The molecular formula is C21H22N2O4. The zero-order chi connectivity index (χ0) is 18.8. The first-order valence-electron chi connectivity index (χ1n) is 9.37. The SMILES string of the molecule is O=C(O)c1ccc2c(c1)CN(C(=O)c1ccc(OC3CCCC3)nc1)CC2. The maximum atomic E-state index is 12.8. The number of benzene rings is 1. The first kappa shape index (κ1) is 17.5. The molecule has 6 heteroatoms. The highest BCUT2D eigenvalue weighted by Crippen LogP contribution is 2.24. The molecule has 0 saturated heterocycles. The van der Waals surface area contributed by atoms with Crippen molar-refractivity contribution in [2.75, 3.05) is 6.54 Å². The van der Waals surface area contributed by atoms with Crippen LogP contribution in [0, 0.1) is 0 Å². The number of nitrogens with zero attached hydrogens (tertiary/aromatic N) is 2. The van der Waals surface area contributed by atoms with Gasteiger partial charge in [-0.05, 0) is 61.4 Å². The van der Waals surface area contributed by atoms with Crippen LogP contribution in [-0.4, -0.2) is 39.5 Å². The van der Waals surface area contributed by atoms with Gasteiger partial charge in [0, 0.05) is 25.4 Å². The number of hydrogen-bond donors (Lipinski definition) is 1. The lowest BCUT2D eigenvalue weighted by molar-refractivity contribution is 0.0696. The van der Waals surface area contributed by atoms with Gasteiger partial charge in [-0.15, -0.1) is 0 Å². The van der Waals surface area contributed by atoms with Gasteiger partial charge in [0.2, 0.25) is 5.88 Å². The van der Waals surface area contributed by atoms with E-state index in [0.29, 0.717) is 24.5 Å². The van der Waals surface area contributed by atoms with E-state index < -0.39 is 5.97 Å². The fraction of sp³-hybridized carbons (Fsp3) is 0.381. The minimum Gasteiger partial charge on any atom is -0.478 e. The number of amides is 1. The number of fused-ring (bicyclic) bond motifs is 1. The average molecular weight is 366 g/mol. The van der Waals surface area contributed by atoms with Crippen LogP contribution >= 0.6 is 0 Å². The summed E-state index contributed by atoms with van der Waals surface area (Å²) in [4.78, 5) is 30.0. The molecule has 2 heterocycles. The Balaban J connectivity index is 1.45. The van der Waals surface area contributed by atoms with Crippen LogP contribution in [0.15, 0.2) is 36.5 Å². The van der Waals surface area contributed by atoms with Gasteiger partial charge in [-0.1, -0.05) is 6.07 Å². The number of carbonyl (C=O) groups is 2. The highest BCUT2D eigenvalue weighted by molar-refractivity contribution is 5.94. The van der Waals surface area contributed by atoms with Crippen LogP contribution in [0.1, 0.15) is 57.5 Å². The van der Waals surface area contributed by atoms with E-state index in [1.54, 1.807) is 35.4 Å². The lowest BCUT2D eigenvalue weighted by Gasteiger charge is -2.29. The van der Waals surface area contributed by atoms with Gasteiger partial charge in [0.15, 0.2) is 0 Å². The molecular weight excluding hydrogens is 344 g/mol. The molecule has 1 fully saturated rings. The molecule has 2 aliphatic rings. The maximum absolute atomic E-state index is 12.8. The number of aromatic carboxylic acids is 1. The van der Waals surface area contributed by atoms with Crippen molar-refractivity contribution in [3.8, 4) is 5.88 Å². The lowest BCUT2D eigenvalue weighted by atomic mass is 9.97. The van der Waals surface area contributed by atoms with E-state index in [0.717, 1.165) is 30.4 Å². The zero-order valence-corrected chi connectivity index (χ0v) is 15.1. The number of aromatic nitrogens is 1. The van der Waals surface area contributed by atoms with Crippen molar-refractivity contribution in [1.29, 1.82) is 0 Å². The molecule has 4 rings (SSSR count). The van der Waals surface area contributed by atoms with E-state index in [1.807, 2.05) is 6.07 Å². The molecule has 1 aliphatic carbocycles. The van der Waals surface area contributed by atoms with E-state index in [-0.39, 0.29) is 17.6 Å². The Morgan fingerprint density at radius 2 is 1.85 bits per heavy atom. The molecule has 0 radical (unpaired) electrons. The van der Waals surface area contributed by atoms with Gasteiger partial charge in [-0.2, -0.15) is 0 Å². The van der Waals surface area contributed by atoms with E-state index in [1.165, 1.54) is 12.8 Å². The smallest absolute Gasteiger partial charge is 0.335 e. The predicted octanol–water partition coefficient (Wildman–Crippen LogP) is 3.30. The summed E-state index contributed by atoms with van der Waals surface area (Å²) in [6.07, 6.45) is 7.04. The topological polar surface area (TPSA) is 79.7 Å². The van der Waals surface area contributed by atoms with Gasteiger partial charge in [-0.3, -0.25) is 4.79 Å². The summed E-state index contributed by atoms with van der Waals surface area (Å²) in [5.41, 5.74) is 2.76. The fourth-order valence-electron chi connectivity index (χ4n) is 3.80. The van der Waals surface area contributed by atoms with Crippen molar-refractivity contribution in [1.82, 2.24) is 9.88 Å². The molecule has 1 aliphatic heterocycles. The van der Waals surface area contributed by atoms with Gasteiger partial charge in [0.05, 0.1) is 11.1 Å². The molecule has 1 saturated carbocycles. The summed E-state index contributed by atoms with van der Waals surface area (Å²) in [5.74, 6) is -0.488. The maximum Gasteiger partial charge on any atom is 0.335 e. The second-order valence-corrected chi connectivity index (χ2v) is 7.17. The van der Waals surface area contributed by atoms with Crippen molar-refractivity contribution < 1.29 is 19.4 Å². The number of carbonyl (C=O) groups excluding carboxylic acids is 1. The fourth-order valence-corrected chi connectivity index (χ4v) is 3.80. The Morgan fingerprint density at radius 3 is 2.56 bits per heavy atom. The van der Waals surface area contributed by atoms with Crippen molar-refractivity contribution in [3.63, 3.8) is 0 Å². The standard InChI is InChI=1S/C21H22N2O4/c24-20(16-7-8-19(22-12-16)27-18-3-1-2-4-18)23-10-9-14-5-6-15(21(25)26)11-17(14)13-23/h5-8,11-12,18H,1-4,9-10,13H2,(H,25,26). The minimum atomic E-state index is -0.955. The number of carboxylic acid groups (broad SMARTS) is 1.